The van der Waals surface area contributed by atoms with Gasteiger partial charge >= 0.3 is 5.97 Å². The van der Waals surface area contributed by atoms with Crippen LogP contribution in [-0.4, -0.2) is 31.1 Å². The summed E-state index contributed by atoms with van der Waals surface area (Å²) in [6.45, 7) is 5.16. The van der Waals surface area contributed by atoms with Crippen LogP contribution in [0.1, 0.15) is 28.4 Å². The maximum absolute atomic E-state index is 11.7. The van der Waals surface area contributed by atoms with Gasteiger partial charge in [-0.1, -0.05) is 55.5 Å². The first-order valence-corrected chi connectivity index (χ1v) is 8.32. The van der Waals surface area contributed by atoms with Gasteiger partial charge in [-0.2, -0.15) is 0 Å². The van der Waals surface area contributed by atoms with E-state index in [0.717, 1.165) is 25.2 Å². The number of benzene rings is 2. The fraction of sp³-hybridized carbons (Fsp3) is 0.286. The van der Waals surface area contributed by atoms with Crippen molar-refractivity contribution in [1.82, 2.24) is 4.90 Å². The van der Waals surface area contributed by atoms with Crippen molar-refractivity contribution in [3.8, 4) is 0 Å². The van der Waals surface area contributed by atoms with E-state index >= 15 is 0 Å². The minimum atomic E-state index is -0.286. The van der Waals surface area contributed by atoms with Gasteiger partial charge < -0.3 is 4.74 Å². The Labute approximate surface area is 143 Å². The van der Waals surface area contributed by atoms with Crippen LogP contribution in [0.25, 0.3) is 5.57 Å². The lowest BCUT2D eigenvalue weighted by Gasteiger charge is -2.31. The Hall–Kier alpha value is -2.39. The molecule has 0 bridgehead atoms. The van der Waals surface area contributed by atoms with Gasteiger partial charge in [-0.05, 0) is 34.8 Å². The molecule has 2 aromatic carbocycles. The predicted octanol–water partition coefficient (Wildman–Crippen LogP) is 4.01. The second-order valence-corrected chi connectivity index (χ2v) is 6.31. The largest absolute Gasteiger partial charge is 0.465 e. The van der Waals surface area contributed by atoms with E-state index in [0.29, 0.717) is 11.5 Å². The topological polar surface area (TPSA) is 29.5 Å². The van der Waals surface area contributed by atoms with Crippen molar-refractivity contribution >= 4 is 11.5 Å². The summed E-state index contributed by atoms with van der Waals surface area (Å²) < 4.78 is 4.82. The maximum Gasteiger partial charge on any atom is 0.337 e. The van der Waals surface area contributed by atoms with Gasteiger partial charge in [0, 0.05) is 19.6 Å². The summed E-state index contributed by atoms with van der Waals surface area (Å²) in [6.07, 6.45) is 2.29. The highest BCUT2D eigenvalue weighted by Crippen LogP contribution is 2.29. The first kappa shape index (κ1) is 16.5. The minimum absolute atomic E-state index is 0.286. The molecule has 3 nitrogen and oxygen atoms in total. The molecule has 1 heterocycles. The second-order valence-electron chi connectivity index (χ2n) is 6.31. The molecule has 2 aromatic rings. The molecule has 0 amide bonds. The summed E-state index contributed by atoms with van der Waals surface area (Å²) >= 11 is 0. The molecule has 0 N–H and O–H groups in total. The summed E-state index contributed by atoms with van der Waals surface area (Å²) in [5.41, 5.74) is 4.37. The summed E-state index contributed by atoms with van der Waals surface area (Å²) in [4.78, 5) is 14.2. The van der Waals surface area contributed by atoms with Crippen molar-refractivity contribution in [1.29, 1.82) is 0 Å². The monoisotopic (exact) mass is 321 g/mol. The lowest BCUT2D eigenvalue weighted by atomic mass is 9.89. The standard InChI is InChI=1S/C21H23NO2/c1-16-14-22(15-17-7-4-3-5-8-17)12-11-20(16)18-9-6-10-19(13-18)21(23)24-2/h3-11,13,16H,12,14-15H2,1-2H3. The van der Waals surface area contributed by atoms with E-state index in [1.807, 2.05) is 12.1 Å². The van der Waals surface area contributed by atoms with Crippen LogP contribution in [0.2, 0.25) is 0 Å². The number of methoxy groups -OCH3 is 1. The van der Waals surface area contributed by atoms with Gasteiger partial charge in [0.05, 0.1) is 12.7 Å². The van der Waals surface area contributed by atoms with E-state index in [4.69, 9.17) is 4.74 Å². The van der Waals surface area contributed by atoms with Gasteiger partial charge in [-0.3, -0.25) is 4.90 Å². The highest BCUT2D eigenvalue weighted by molar-refractivity contribution is 5.90. The molecule has 1 aliphatic rings. The first-order chi connectivity index (χ1) is 11.7. The fourth-order valence-electron chi connectivity index (χ4n) is 3.31. The van der Waals surface area contributed by atoms with Crippen LogP contribution in [0.3, 0.4) is 0 Å². The van der Waals surface area contributed by atoms with Crippen LogP contribution >= 0.6 is 0 Å². The SMILES string of the molecule is COC(=O)c1cccc(C2=CCN(Cc3ccccc3)CC2C)c1. The molecule has 1 unspecified atom stereocenters. The predicted molar refractivity (Wildman–Crippen MR) is 96.6 cm³/mol. The molecule has 3 heteroatoms. The van der Waals surface area contributed by atoms with E-state index in [2.05, 4.69) is 54.3 Å². The third-order valence-corrected chi connectivity index (χ3v) is 4.50. The zero-order valence-electron chi connectivity index (χ0n) is 14.2. The van der Waals surface area contributed by atoms with Crippen LogP contribution in [0.5, 0.6) is 0 Å². The van der Waals surface area contributed by atoms with Crippen molar-refractivity contribution in [3.63, 3.8) is 0 Å². The van der Waals surface area contributed by atoms with Gasteiger partial charge in [-0.15, -0.1) is 0 Å². The lowest BCUT2D eigenvalue weighted by molar-refractivity contribution is 0.0600. The van der Waals surface area contributed by atoms with Crippen molar-refractivity contribution in [2.45, 2.75) is 13.5 Å². The fourth-order valence-corrected chi connectivity index (χ4v) is 3.31. The number of carbonyl (C=O) groups is 1. The van der Waals surface area contributed by atoms with Crippen molar-refractivity contribution in [3.05, 3.63) is 77.4 Å². The summed E-state index contributed by atoms with van der Waals surface area (Å²) in [5, 5.41) is 0. The third kappa shape index (κ3) is 3.74. The molecule has 0 radical (unpaired) electrons. The highest BCUT2D eigenvalue weighted by Gasteiger charge is 2.20. The molecule has 0 aliphatic carbocycles. The number of hydrogen-bond donors (Lipinski definition) is 0. The minimum Gasteiger partial charge on any atom is -0.465 e. The van der Waals surface area contributed by atoms with Gasteiger partial charge in [0.2, 0.25) is 0 Å². The average Bonchev–Trinajstić information content (AvgIpc) is 2.62. The molecule has 1 atom stereocenters. The van der Waals surface area contributed by atoms with Crippen molar-refractivity contribution in [2.75, 3.05) is 20.2 Å². The smallest absolute Gasteiger partial charge is 0.337 e. The molecular weight excluding hydrogens is 298 g/mol. The molecule has 3 rings (SSSR count). The zero-order valence-corrected chi connectivity index (χ0v) is 14.2. The maximum atomic E-state index is 11.7. The van der Waals surface area contributed by atoms with Crippen LogP contribution in [0.15, 0.2) is 60.7 Å². The Bertz CT molecular complexity index is 737. The van der Waals surface area contributed by atoms with Gasteiger partial charge in [0.15, 0.2) is 0 Å². The average molecular weight is 321 g/mol. The molecular formula is C21H23NO2. The van der Waals surface area contributed by atoms with Gasteiger partial charge in [0.25, 0.3) is 0 Å². The van der Waals surface area contributed by atoms with E-state index < -0.39 is 0 Å². The molecule has 0 aromatic heterocycles. The Morgan fingerprint density at radius 2 is 1.96 bits per heavy atom. The van der Waals surface area contributed by atoms with E-state index in [-0.39, 0.29) is 5.97 Å². The Morgan fingerprint density at radius 3 is 2.67 bits per heavy atom. The van der Waals surface area contributed by atoms with Crippen LogP contribution in [0.4, 0.5) is 0 Å². The number of ether oxygens (including phenoxy) is 1. The Balaban J connectivity index is 1.75. The second kappa shape index (κ2) is 7.45. The lowest BCUT2D eigenvalue weighted by Crippen LogP contribution is -2.32. The molecule has 0 fully saturated rings. The number of hydrogen-bond acceptors (Lipinski definition) is 3. The van der Waals surface area contributed by atoms with Crippen LogP contribution in [0, 0.1) is 5.92 Å². The molecule has 1 aliphatic heterocycles. The first-order valence-electron chi connectivity index (χ1n) is 8.32. The van der Waals surface area contributed by atoms with E-state index in [1.54, 1.807) is 6.07 Å². The van der Waals surface area contributed by atoms with Gasteiger partial charge in [0.1, 0.15) is 0 Å². The summed E-state index contributed by atoms with van der Waals surface area (Å²) in [7, 11) is 1.42. The molecule has 0 saturated carbocycles. The van der Waals surface area contributed by atoms with Gasteiger partial charge in [-0.25, -0.2) is 4.79 Å². The Morgan fingerprint density at radius 1 is 1.17 bits per heavy atom. The van der Waals surface area contributed by atoms with Crippen LogP contribution < -0.4 is 0 Å². The highest BCUT2D eigenvalue weighted by atomic mass is 16.5. The summed E-state index contributed by atoms with van der Waals surface area (Å²) in [5.74, 6) is 0.141. The third-order valence-electron chi connectivity index (χ3n) is 4.50. The number of esters is 1. The van der Waals surface area contributed by atoms with Crippen LogP contribution in [-0.2, 0) is 11.3 Å². The van der Waals surface area contributed by atoms with E-state index in [9.17, 15) is 4.79 Å². The normalized spacial score (nSPS) is 18.1. The molecule has 24 heavy (non-hydrogen) atoms. The number of carbonyl (C=O) groups excluding carboxylic acids is 1. The molecule has 124 valence electrons. The Kier molecular flexibility index (Phi) is 5.11. The molecule has 0 saturated heterocycles. The van der Waals surface area contributed by atoms with Crippen molar-refractivity contribution < 1.29 is 9.53 Å². The quantitative estimate of drug-likeness (QED) is 0.797. The van der Waals surface area contributed by atoms with E-state index in [1.165, 1.54) is 18.2 Å². The zero-order chi connectivity index (χ0) is 16.9. The molecule has 0 spiro atoms. The summed E-state index contributed by atoms with van der Waals surface area (Å²) in [6, 6.07) is 18.3. The number of nitrogens with zero attached hydrogens (tertiary/aromatic N) is 1. The number of rotatable bonds is 4. The van der Waals surface area contributed by atoms with Crippen molar-refractivity contribution in [2.24, 2.45) is 5.92 Å².